The molecule has 4 aromatic carbocycles. The minimum atomic E-state index is -1.61. The Morgan fingerprint density at radius 1 is 0.659 bits per heavy atom. The average Bonchev–Trinajstić information content (AvgIpc) is 3.43. The number of aryl methyl sites for hydroxylation is 6. The second-order valence-electron chi connectivity index (χ2n) is 10.7. The number of hydrogen-bond acceptors (Lipinski definition) is 4. The van der Waals surface area contributed by atoms with Crippen LogP contribution in [0.15, 0.2) is 84.9 Å². The summed E-state index contributed by atoms with van der Waals surface area (Å²) < 4.78 is 12.2. The van der Waals surface area contributed by atoms with E-state index in [4.69, 9.17) is 28.4 Å². The molecule has 4 nitrogen and oxygen atoms in total. The molecule has 0 bridgehead atoms. The molecular weight excluding hydrogens is 695 g/mol. The van der Waals surface area contributed by atoms with Crippen LogP contribution in [0.5, 0.6) is 0 Å². The summed E-state index contributed by atoms with van der Waals surface area (Å²) in [5.41, 5.74) is 12.0. The number of halogens is 2. The fraction of sp³-hybridized carbons (Fsp3) is 0.278. The number of rotatable bonds is 6. The maximum absolute atomic E-state index is 5.67. The Hall–Kier alpha value is -2.10. The zero-order valence-electron chi connectivity index (χ0n) is 26.9. The molecule has 0 aliphatic carbocycles. The van der Waals surface area contributed by atoms with E-state index >= 15 is 0 Å². The number of benzene rings is 4. The molecule has 0 saturated carbocycles. The van der Waals surface area contributed by atoms with Crippen LogP contribution in [0.4, 0.5) is 11.4 Å². The summed E-state index contributed by atoms with van der Waals surface area (Å²) in [6.07, 6.45) is 0. The minimum absolute atomic E-state index is 0.851. The zero-order chi connectivity index (χ0) is 32.2. The van der Waals surface area contributed by atoms with Crippen molar-refractivity contribution in [1.29, 1.82) is 0 Å². The summed E-state index contributed by atoms with van der Waals surface area (Å²) in [6, 6.07) is 28.9. The van der Waals surface area contributed by atoms with Crippen molar-refractivity contribution in [3.8, 4) is 0 Å². The third-order valence-corrected chi connectivity index (χ3v) is 10.3. The Labute approximate surface area is 279 Å². The molecule has 0 spiro atoms. The first-order valence-corrected chi connectivity index (χ1v) is 21.0. The SMILES string of the molecule is COP(OC)c1ccccc1.Cc1cc(C)c(N2[CH-]N(c3c(C)cc(C)cc3C)CC2)c(C)c1.[Cl][Ru]([Cl])=[CH]c1ccccc1. The molecule has 1 aliphatic rings. The van der Waals surface area contributed by atoms with Gasteiger partial charge in [0.2, 0.25) is 8.38 Å². The van der Waals surface area contributed by atoms with E-state index in [0.29, 0.717) is 0 Å². The van der Waals surface area contributed by atoms with Gasteiger partial charge in [0.15, 0.2) is 0 Å². The van der Waals surface area contributed by atoms with Gasteiger partial charge in [-0.1, -0.05) is 53.6 Å². The first-order valence-electron chi connectivity index (χ1n) is 14.4. The van der Waals surface area contributed by atoms with E-state index in [1.54, 1.807) is 14.2 Å². The fourth-order valence-electron chi connectivity index (χ4n) is 5.53. The molecule has 1 aliphatic heterocycles. The average molecular weight is 740 g/mol. The van der Waals surface area contributed by atoms with Gasteiger partial charge in [0.1, 0.15) is 0 Å². The molecule has 0 atom stereocenters. The predicted molar refractivity (Wildman–Crippen MR) is 191 cm³/mol. The maximum atomic E-state index is 5.67. The van der Waals surface area contributed by atoms with Gasteiger partial charge in [-0.05, 0) is 75.9 Å². The van der Waals surface area contributed by atoms with Gasteiger partial charge in [0, 0.05) is 44.0 Å². The van der Waals surface area contributed by atoms with E-state index in [1.807, 2.05) is 65.3 Å². The summed E-state index contributed by atoms with van der Waals surface area (Å²) in [6.45, 7) is 17.6. The Kier molecular flexibility index (Phi) is 15.0. The summed E-state index contributed by atoms with van der Waals surface area (Å²) in [5, 5.41) is 1.10. The zero-order valence-corrected chi connectivity index (χ0v) is 31.1. The molecule has 0 N–H and O–H groups in total. The van der Waals surface area contributed by atoms with Crippen molar-refractivity contribution in [2.24, 2.45) is 0 Å². The first-order chi connectivity index (χ1) is 21.0. The van der Waals surface area contributed by atoms with Crippen LogP contribution in [0.25, 0.3) is 0 Å². The second-order valence-corrected chi connectivity index (χ2v) is 18.2. The van der Waals surface area contributed by atoms with E-state index in [1.165, 1.54) is 44.8 Å². The molecule has 5 rings (SSSR count). The third-order valence-electron chi connectivity index (χ3n) is 7.00. The number of hydrogen-bond donors (Lipinski definition) is 0. The summed E-state index contributed by atoms with van der Waals surface area (Å²) in [5.74, 6) is 0. The Balaban J connectivity index is 0.000000209. The van der Waals surface area contributed by atoms with Crippen LogP contribution in [0, 0.1) is 48.2 Å². The Morgan fingerprint density at radius 2 is 1.05 bits per heavy atom. The van der Waals surface area contributed by atoms with Crippen molar-refractivity contribution in [2.75, 3.05) is 37.1 Å². The molecule has 0 unspecified atom stereocenters. The van der Waals surface area contributed by atoms with Crippen molar-refractivity contribution in [3.05, 3.63) is 131 Å². The molecule has 4 aromatic rings. The second kappa shape index (κ2) is 18.1. The summed E-state index contributed by atoms with van der Waals surface area (Å²) in [4.78, 5) is 4.81. The molecule has 0 amide bonds. The van der Waals surface area contributed by atoms with E-state index in [9.17, 15) is 0 Å². The summed E-state index contributed by atoms with van der Waals surface area (Å²) in [7, 11) is 13.8. The van der Waals surface area contributed by atoms with E-state index in [-0.39, 0.29) is 0 Å². The van der Waals surface area contributed by atoms with Crippen molar-refractivity contribution in [3.63, 3.8) is 0 Å². The van der Waals surface area contributed by atoms with E-state index < -0.39 is 21.9 Å². The van der Waals surface area contributed by atoms with Gasteiger partial charge >= 0.3 is 73.4 Å². The van der Waals surface area contributed by atoms with E-state index in [2.05, 4.69) is 82.3 Å². The van der Waals surface area contributed by atoms with Crippen LogP contribution in [-0.2, 0) is 22.6 Å². The number of anilines is 2. The molecule has 238 valence electrons. The van der Waals surface area contributed by atoms with Gasteiger partial charge in [-0.15, -0.1) is 0 Å². The quantitative estimate of drug-likeness (QED) is 0.112. The Bertz CT molecular complexity index is 1400. The van der Waals surface area contributed by atoms with Crippen LogP contribution in [0.2, 0.25) is 0 Å². The van der Waals surface area contributed by atoms with Crippen LogP contribution < -0.4 is 15.1 Å². The van der Waals surface area contributed by atoms with Gasteiger partial charge in [0.25, 0.3) is 0 Å². The summed E-state index contributed by atoms with van der Waals surface area (Å²) >= 11 is -1.61. The van der Waals surface area contributed by atoms with Crippen LogP contribution in [0.3, 0.4) is 0 Å². The first kappa shape index (κ1) is 36.4. The van der Waals surface area contributed by atoms with Gasteiger partial charge in [-0.2, -0.15) is 6.67 Å². The monoisotopic (exact) mass is 739 g/mol. The van der Waals surface area contributed by atoms with Crippen LogP contribution >= 0.6 is 27.8 Å². The van der Waals surface area contributed by atoms with Crippen LogP contribution in [-0.4, -0.2) is 31.9 Å². The number of nitrogens with zero attached hydrogens (tertiary/aromatic N) is 2. The fourth-order valence-corrected chi connectivity index (χ4v) is 8.35. The van der Waals surface area contributed by atoms with Gasteiger partial charge in [-0.3, -0.25) is 0 Å². The molecule has 1 heterocycles. The molecule has 44 heavy (non-hydrogen) atoms. The topological polar surface area (TPSA) is 24.9 Å². The Morgan fingerprint density at radius 3 is 1.41 bits per heavy atom. The van der Waals surface area contributed by atoms with Crippen molar-refractivity contribution >= 4 is 49.0 Å². The van der Waals surface area contributed by atoms with E-state index in [0.717, 1.165) is 24.0 Å². The molecule has 0 aromatic heterocycles. The van der Waals surface area contributed by atoms with Crippen LogP contribution in [0.1, 0.15) is 38.9 Å². The van der Waals surface area contributed by atoms with Gasteiger partial charge < -0.3 is 18.8 Å². The van der Waals surface area contributed by atoms with Gasteiger partial charge in [0.05, 0.1) is 0 Å². The predicted octanol–water partition coefficient (Wildman–Crippen LogP) is 9.66. The van der Waals surface area contributed by atoms with Gasteiger partial charge in [-0.25, -0.2) is 0 Å². The van der Waals surface area contributed by atoms with Crippen molar-refractivity contribution in [1.82, 2.24) is 0 Å². The standard InChI is InChI=1S/C21H27N2.C8H11O2P.C7H6.2ClH.Ru/c1-14-9-16(3)20(17(4)10-14)22-7-8-23(13-22)21-18(5)11-15(2)12-19(21)6;1-9-11(10-2)8-6-4-3-5-7-8;1-7-5-3-2-4-6-7;;;/h9-13H,7-8H2,1-6H3;3-7H,1-2H3;1-6H;2*1H;/q-1;;;;;+2/p-2. The molecular formula is C36H44Cl2N2O2PRu-. The third kappa shape index (κ3) is 10.8. The molecule has 0 radical (unpaired) electrons. The molecule has 1 fully saturated rings. The molecule has 8 heteroatoms. The van der Waals surface area contributed by atoms with Crippen molar-refractivity contribution in [2.45, 2.75) is 41.5 Å². The normalized spacial score (nSPS) is 12.8. The van der Waals surface area contributed by atoms with Crippen molar-refractivity contribution < 1.29 is 22.6 Å². The molecule has 1 saturated heterocycles.